The third-order valence-corrected chi connectivity index (χ3v) is 4.12. The van der Waals surface area contributed by atoms with Gasteiger partial charge in [-0.1, -0.05) is 44.2 Å². The molecule has 1 N–H and O–H groups in total. The average molecular weight is 289 g/mol. The summed E-state index contributed by atoms with van der Waals surface area (Å²) in [5.41, 5.74) is 1.14. The van der Waals surface area contributed by atoms with E-state index in [0.717, 1.165) is 24.2 Å². The highest BCUT2D eigenvalue weighted by Gasteiger charge is 2.19. The fourth-order valence-electron chi connectivity index (χ4n) is 2.87. The molecule has 1 aliphatic carbocycles. The predicted molar refractivity (Wildman–Crippen MR) is 85.5 cm³/mol. The summed E-state index contributed by atoms with van der Waals surface area (Å²) in [5.74, 6) is 0.761. The van der Waals surface area contributed by atoms with Gasteiger partial charge < -0.3 is 10.1 Å². The second kappa shape index (κ2) is 8.06. The van der Waals surface area contributed by atoms with Gasteiger partial charge in [-0.25, -0.2) is 0 Å². The number of hydrogen-bond acceptors (Lipinski definition) is 2. The van der Waals surface area contributed by atoms with Gasteiger partial charge in [0.2, 0.25) is 0 Å². The van der Waals surface area contributed by atoms with Crippen molar-refractivity contribution in [3.8, 4) is 5.75 Å². The molecular weight excluding hydrogens is 262 g/mol. The molecule has 3 nitrogen and oxygen atoms in total. The van der Waals surface area contributed by atoms with Gasteiger partial charge in [0.25, 0.3) is 5.91 Å². The Morgan fingerprint density at radius 3 is 2.52 bits per heavy atom. The zero-order chi connectivity index (χ0) is 15.1. The van der Waals surface area contributed by atoms with Gasteiger partial charge in [0.1, 0.15) is 5.75 Å². The average Bonchev–Trinajstić information content (AvgIpc) is 2.41. The molecule has 1 atom stereocenters. The zero-order valence-corrected chi connectivity index (χ0v) is 13.2. The first-order chi connectivity index (χ1) is 10.1. The molecule has 0 bridgehead atoms. The first-order valence-corrected chi connectivity index (χ1v) is 8.19. The van der Waals surface area contributed by atoms with Gasteiger partial charge in [-0.2, -0.15) is 0 Å². The normalized spacial score (nSPS) is 18.4. The summed E-state index contributed by atoms with van der Waals surface area (Å²) in [6.07, 6.45) is 8.12. The number of carbonyl (C=O) groups is 1. The summed E-state index contributed by atoms with van der Waals surface area (Å²) >= 11 is 0. The summed E-state index contributed by atoms with van der Waals surface area (Å²) in [4.78, 5) is 12.3. The maximum absolute atomic E-state index is 12.3. The minimum absolute atomic E-state index is 0.00193. The van der Waals surface area contributed by atoms with E-state index >= 15 is 0 Å². The number of aryl methyl sites for hydroxylation is 1. The first-order valence-electron chi connectivity index (χ1n) is 8.19. The van der Waals surface area contributed by atoms with E-state index in [0.29, 0.717) is 6.04 Å². The van der Waals surface area contributed by atoms with Crippen molar-refractivity contribution in [3.63, 3.8) is 0 Å². The highest BCUT2D eigenvalue weighted by molar-refractivity contribution is 5.81. The van der Waals surface area contributed by atoms with Crippen molar-refractivity contribution in [3.05, 3.63) is 29.8 Å². The molecule has 0 radical (unpaired) electrons. The van der Waals surface area contributed by atoms with Crippen LogP contribution in [0.5, 0.6) is 5.75 Å². The SMILES string of the molecule is Cc1cccc(O[C@@H](C)C(=O)NC2CCCCCCC2)c1. The zero-order valence-electron chi connectivity index (χ0n) is 13.2. The van der Waals surface area contributed by atoms with Crippen LogP contribution in [0.3, 0.4) is 0 Å². The fourth-order valence-corrected chi connectivity index (χ4v) is 2.87. The maximum atomic E-state index is 12.3. The molecule has 0 spiro atoms. The lowest BCUT2D eigenvalue weighted by Gasteiger charge is -2.23. The number of nitrogens with one attached hydrogen (secondary N) is 1. The predicted octanol–water partition coefficient (Wildman–Crippen LogP) is 3.99. The van der Waals surface area contributed by atoms with Crippen LogP contribution >= 0.6 is 0 Å². The van der Waals surface area contributed by atoms with Crippen molar-refractivity contribution in [2.45, 2.75) is 70.9 Å². The molecular formula is C18H27NO2. The van der Waals surface area contributed by atoms with E-state index in [-0.39, 0.29) is 5.91 Å². The molecule has 0 aliphatic heterocycles. The van der Waals surface area contributed by atoms with Crippen LogP contribution in [-0.4, -0.2) is 18.1 Å². The van der Waals surface area contributed by atoms with Crippen molar-refractivity contribution in [1.82, 2.24) is 5.32 Å². The van der Waals surface area contributed by atoms with Crippen molar-refractivity contribution in [2.24, 2.45) is 0 Å². The van der Waals surface area contributed by atoms with Crippen LogP contribution in [0.15, 0.2) is 24.3 Å². The van der Waals surface area contributed by atoms with Crippen molar-refractivity contribution in [2.75, 3.05) is 0 Å². The third kappa shape index (κ3) is 5.41. The summed E-state index contributed by atoms with van der Waals surface area (Å²) in [6.45, 7) is 3.84. The molecule has 0 unspecified atom stereocenters. The lowest BCUT2D eigenvalue weighted by Crippen LogP contribution is -2.42. The molecule has 1 saturated carbocycles. The standard InChI is InChI=1S/C18H27NO2/c1-14-9-8-12-17(13-14)21-15(2)18(20)19-16-10-6-4-3-5-7-11-16/h8-9,12-13,15-16H,3-7,10-11H2,1-2H3,(H,19,20)/t15-/m0/s1. The van der Waals surface area contributed by atoms with Crippen molar-refractivity contribution >= 4 is 5.91 Å². The van der Waals surface area contributed by atoms with Crippen LogP contribution < -0.4 is 10.1 Å². The minimum atomic E-state index is -0.447. The molecule has 1 amide bonds. The molecule has 116 valence electrons. The van der Waals surface area contributed by atoms with E-state index in [1.165, 1.54) is 32.1 Å². The Balaban J connectivity index is 1.83. The Morgan fingerprint density at radius 1 is 1.19 bits per heavy atom. The van der Waals surface area contributed by atoms with E-state index in [4.69, 9.17) is 4.74 Å². The Bertz CT molecular complexity index is 450. The van der Waals surface area contributed by atoms with Crippen LogP contribution in [0.25, 0.3) is 0 Å². The van der Waals surface area contributed by atoms with Gasteiger partial charge in [-0.05, 0) is 44.4 Å². The van der Waals surface area contributed by atoms with Crippen molar-refractivity contribution in [1.29, 1.82) is 0 Å². The minimum Gasteiger partial charge on any atom is -0.481 e. The molecule has 2 rings (SSSR count). The van der Waals surface area contributed by atoms with Crippen LogP contribution in [-0.2, 0) is 4.79 Å². The van der Waals surface area contributed by atoms with E-state index in [2.05, 4.69) is 5.32 Å². The summed E-state index contributed by atoms with van der Waals surface area (Å²) < 4.78 is 5.74. The molecule has 1 aromatic rings. The molecule has 0 saturated heterocycles. The number of benzene rings is 1. The number of rotatable bonds is 4. The van der Waals surface area contributed by atoms with Gasteiger partial charge >= 0.3 is 0 Å². The summed E-state index contributed by atoms with van der Waals surface area (Å²) in [6, 6.07) is 8.14. The molecule has 1 fully saturated rings. The maximum Gasteiger partial charge on any atom is 0.260 e. The lowest BCUT2D eigenvalue weighted by molar-refractivity contribution is -0.128. The molecule has 1 aromatic carbocycles. The van der Waals surface area contributed by atoms with E-state index < -0.39 is 6.10 Å². The summed E-state index contributed by atoms with van der Waals surface area (Å²) in [7, 11) is 0. The Kier molecular flexibility index (Phi) is 6.09. The first kappa shape index (κ1) is 15.9. The van der Waals surface area contributed by atoms with Crippen LogP contribution in [0.1, 0.15) is 57.4 Å². The molecule has 0 heterocycles. The lowest BCUT2D eigenvalue weighted by atomic mass is 9.96. The molecule has 1 aliphatic rings. The smallest absolute Gasteiger partial charge is 0.260 e. The Labute approximate surface area is 128 Å². The molecule has 0 aromatic heterocycles. The highest BCUT2D eigenvalue weighted by atomic mass is 16.5. The third-order valence-electron chi connectivity index (χ3n) is 4.12. The quantitative estimate of drug-likeness (QED) is 0.910. The largest absolute Gasteiger partial charge is 0.481 e. The van der Waals surface area contributed by atoms with E-state index in [1.807, 2.05) is 38.1 Å². The van der Waals surface area contributed by atoms with Gasteiger partial charge in [0, 0.05) is 6.04 Å². The van der Waals surface area contributed by atoms with Gasteiger partial charge in [-0.3, -0.25) is 4.79 Å². The second-order valence-electron chi connectivity index (χ2n) is 6.13. The Morgan fingerprint density at radius 2 is 1.86 bits per heavy atom. The van der Waals surface area contributed by atoms with Crippen molar-refractivity contribution < 1.29 is 9.53 Å². The van der Waals surface area contributed by atoms with E-state index in [9.17, 15) is 4.79 Å². The van der Waals surface area contributed by atoms with E-state index in [1.54, 1.807) is 0 Å². The molecule has 3 heteroatoms. The topological polar surface area (TPSA) is 38.3 Å². The number of ether oxygens (including phenoxy) is 1. The monoisotopic (exact) mass is 289 g/mol. The summed E-state index contributed by atoms with van der Waals surface area (Å²) in [5, 5.41) is 3.16. The van der Waals surface area contributed by atoms with Gasteiger partial charge in [-0.15, -0.1) is 0 Å². The number of carbonyl (C=O) groups excluding carboxylic acids is 1. The Hall–Kier alpha value is -1.51. The van der Waals surface area contributed by atoms with Gasteiger partial charge in [0.05, 0.1) is 0 Å². The van der Waals surface area contributed by atoms with Crippen LogP contribution in [0.4, 0.5) is 0 Å². The van der Waals surface area contributed by atoms with Crippen LogP contribution in [0.2, 0.25) is 0 Å². The number of amides is 1. The van der Waals surface area contributed by atoms with Gasteiger partial charge in [0.15, 0.2) is 6.10 Å². The fraction of sp³-hybridized carbons (Fsp3) is 0.611. The second-order valence-corrected chi connectivity index (χ2v) is 6.13. The highest BCUT2D eigenvalue weighted by Crippen LogP contribution is 2.18. The van der Waals surface area contributed by atoms with Crippen LogP contribution in [0, 0.1) is 6.92 Å². The molecule has 21 heavy (non-hydrogen) atoms. The number of hydrogen-bond donors (Lipinski definition) is 1.